The van der Waals surface area contributed by atoms with Crippen molar-refractivity contribution in [1.82, 2.24) is 0 Å². The van der Waals surface area contributed by atoms with Crippen molar-refractivity contribution < 1.29 is 17.9 Å². The summed E-state index contributed by atoms with van der Waals surface area (Å²) in [5.41, 5.74) is 1.49. The first-order valence-corrected chi connectivity index (χ1v) is 8.62. The lowest BCUT2D eigenvalue weighted by Gasteiger charge is -2.23. The summed E-state index contributed by atoms with van der Waals surface area (Å²) >= 11 is 3.10. The Balaban J connectivity index is 2.55. The van der Waals surface area contributed by atoms with Gasteiger partial charge in [-0.1, -0.05) is 18.2 Å². The van der Waals surface area contributed by atoms with Crippen molar-refractivity contribution in [3.8, 4) is 0 Å². The fourth-order valence-corrected chi connectivity index (χ4v) is 4.59. The maximum absolute atomic E-state index is 12.8. The van der Waals surface area contributed by atoms with Gasteiger partial charge in [-0.15, -0.1) is 0 Å². The molecule has 1 N–H and O–H groups in total. The zero-order valence-electron chi connectivity index (χ0n) is 11.7. The molecule has 1 aromatic carbocycles. The van der Waals surface area contributed by atoms with E-state index in [2.05, 4.69) is 15.9 Å². The summed E-state index contributed by atoms with van der Waals surface area (Å²) in [5, 5.41) is 9.08. The number of para-hydroxylation sites is 1. The fraction of sp³-hybridized carbons (Fsp3) is 0.286. The van der Waals surface area contributed by atoms with Gasteiger partial charge < -0.3 is 9.52 Å². The van der Waals surface area contributed by atoms with Gasteiger partial charge in [0.15, 0.2) is 4.67 Å². The van der Waals surface area contributed by atoms with Gasteiger partial charge in [-0.25, -0.2) is 8.42 Å². The van der Waals surface area contributed by atoms with Crippen molar-refractivity contribution in [2.24, 2.45) is 0 Å². The molecule has 0 atom stereocenters. The first kappa shape index (κ1) is 16.1. The van der Waals surface area contributed by atoms with Crippen LogP contribution >= 0.6 is 15.9 Å². The van der Waals surface area contributed by atoms with Gasteiger partial charge in [0.25, 0.3) is 10.0 Å². The van der Waals surface area contributed by atoms with E-state index in [0.717, 1.165) is 5.56 Å². The topological polar surface area (TPSA) is 70.8 Å². The summed E-state index contributed by atoms with van der Waals surface area (Å²) in [4.78, 5) is 0.0108. The Kier molecular flexibility index (Phi) is 4.75. The van der Waals surface area contributed by atoms with Gasteiger partial charge in [0, 0.05) is 12.6 Å². The third-order valence-electron chi connectivity index (χ3n) is 3.10. The van der Waals surface area contributed by atoms with E-state index < -0.39 is 10.0 Å². The van der Waals surface area contributed by atoms with Crippen LogP contribution in [0.25, 0.3) is 0 Å². The van der Waals surface area contributed by atoms with Crippen molar-refractivity contribution in [3.05, 3.63) is 46.3 Å². The Morgan fingerprint density at radius 1 is 1.33 bits per heavy atom. The highest BCUT2D eigenvalue weighted by molar-refractivity contribution is 9.10. The van der Waals surface area contributed by atoms with Crippen LogP contribution in [0.4, 0.5) is 5.69 Å². The lowest BCUT2D eigenvalue weighted by atomic mass is 10.2. The molecule has 0 amide bonds. The molecule has 1 aromatic heterocycles. The van der Waals surface area contributed by atoms with E-state index in [1.165, 1.54) is 10.4 Å². The van der Waals surface area contributed by atoms with Crippen molar-refractivity contribution in [2.75, 3.05) is 10.8 Å². The summed E-state index contributed by atoms with van der Waals surface area (Å²) in [6.07, 6.45) is 0. The Morgan fingerprint density at radius 2 is 2.00 bits per heavy atom. The van der Waals surface area contributed by atoms with Gasteiger partial charge in [-0.05, 0) is 41.4 Å². The lowest BCUT2D eigenvalue weighted by Crippen LogP contribution is -2.31. The minimum Gasteiger partial charge on any atom is -0.450 e. The van der Waals surface area contributed by atoms with E-state index in [1.807, 2.05) is 19.1 Å². The van der Waals surface area contributed by atoms with Crippen LogP contribution in [0, 0.1) is 6.92 Å². The highest BCUT2D eigenvalue weighted by Crippen LogP contribution is 2.32. The second-order valence-corrected chi connectivity index (χ2v) is 7.02. The van der Waals surface area contributed by atoms with Crippen LogP contribution < -0.4 is 4.31 Å². The second kappa shape index (κ2) is 6.21. The Morgan fingerprint density at radius 3 is 2.52 bits per heavy atom. The molecule has 0 fully saturated rings. The van der Waals surface area contributed by atoms with Crippen LogP contribution in [0.15, 0.2) is 44.3 Å². The zero-order chi connectivity index (χ0) is 15.6. The van der Waals surface area contributed by atoms with E-state index in [-0.39, 0.29) is 21.9 Å². The van der Waals surface area contributed by atoms with Gasteiger partial charge in [0.1, 0.15) is 17.3 Å². The third kappa shape index (κ3) is 3.00. The summed E-state index contributed by atoms with van der Waals surface area (Å²) < 4.78 is 32.2. The van der Waals surface area contributed by atoms with Gasteiger partial charge in [0.05, 0.1) is 5.69 Å². The van der Waals surface area contributed by atoms with Crippen LogP contribution in [0.3, 0.4) is 0 Å². The third-order valence-corrected chi connectivity index (χ3v) is 5.85. The predicted octanol–water partition coefficient (Wildman–Crippen LogP) is 3.06. The van der Waals surface area contributed by atoms with Crippen LogP contribution in [0.1, 0.15) is 18.2 Å². The summed E-state index contributed by atoms with van der Waals surface area (Å²) in [7, 11) is -3.77. The van der Waals surface area contributed by atoms with Crippen molar-refractivity contribution >= 4 is 31.6 Å². The summed E-state index contributed by atoms with van der Waals surface area (Å²) in [5.74, 6) is 0.196. The van der Waals surface area contributed by atoms with E-state index >= 15 is 0 Å². The summed E-state index contributed by atoms with van der Waals surface area (Å²) in [6, 6.07) is 8.61. The largest absolute Gasteiger partial charge is 0.450 e. The smallest absolute Gasteiger partial charge is 0.268 e. The average Bonchev–Trinajstić information content (AvgIpc) is 2.83. The molecule has 0 saturated heterocycles. The lowest BCUT2D eigenvalue weighted by molar-refractivity contribution is 0.245. The molecule has 0 aliphatic heterocycles. The number of hydrogen-bond acceptors (Lipinski definition) is 4. The monoisotopic (exact) mass is 373 g/mol. The Labute approximate surface area is 132 Å². The highest BCUT2D eigenvalue weighted by Gasteiger charge is 2.29. The Bertz CT molecular complexity index is 739. The molecule has 5 nitrogen and oxygen atoms in total. The second-order valence-electron chi connectivity index (χ2n) is 4.47. The van der Waals surface area contributed by atoms with Gasteiger partial charge in [0.2, 0.25) is 0 Å². The maximum atomic E-state index is 12.8. The van der Waals surface area contributed by atoms with Crippen LogP contribution in [-0.4, -0.2) is 20.1 Å². The molecule has 2 aromatic rings. The fourth-order valence-electron chi connectivity index (χ4n) is 2.08. The average molecular weight is 374 g/mol. The van der Waals surface area contributed by atoms with Crippen LogP contribution in [0.2, 0.25) is 0 Å². The summed E-state index contributed by atoms with van der Waals surface area (Å²) in [6.45, 7) is 3.56. The van der Waals surface area contributed by atoms with E-state index in [0.29, 0.717) is 12.2 Å². The number of hydrogen-bond donors (Lipinski definition) is 1. The first-order chi connectivity index (χ1) is 9.91. The number of aliphatic hydroxyl groups is 1. The molecule has 0 unspecified atom stereocenters. The normalized spacial score (nSPS) is 11.6. The molecule has 0 radical (unpaired) electrons. The molecule has 0 aliphatic carbocycles. The molecule has 2 rings (SSSR count). The number of aliphatic hydroxyl groups excluding tert-OH is 1. The molecular weight excluding hydrogens is 358 g/mol. The quantitative estimate of drug-likeness (QED) is 0.873. The number of anilines is 1. The number of rotatable bonds is 5. The Hall–Kier alpha value is -1.31. The van der Waals surface area contributed by atoms with Crippen molar-refractivity contribution in [2.45, 2.75) is 25.3 Å². The number of halogens is 1. The predicted molar refractivity (Wildman–Crippen MR) is 83.7 cm³/mol. The molecule has 114 valence electrons. The molecule has 21 heavy (non-hydrogen) atoms. The number of furan rings is 1. The molecule has 7 heteroatoms. The first-order valence-electron chi connectivity index (χ1n) is 6.39. The van der Waals surface area contributed by atoms with Crippen molar-refractivity contribution in [1.29, 1.82) is 0 Å². The van der Waals surface area contributed by atoms with E-state index in [9.17, 15) is 8.42 Å². The van der Waals surface area contributed by atoms with Gasteiger partial charge in [-0.2, -0.15) is 0 Å². The number of aryl methyl sites for hydroxylation is 1. The number of benzene rings is 1. The van der Waals surface area contributed by atoms with Gasteiger partial charge >= 0.3 is 0 Å². The van der Waals surface area contributed by atoms with Gasteiger partial charge in [-0.3, -0.25) is 4.31 Å². The highest BCUT2D eigenvalue weighted by atomic mass is 79.9. The van der Waals surface area contributed by atoms with Crippen LogP contribution in [0.5, 0.6) is 0 Å². The molecule has 0 aliphatic rings. The van der Waals surface area contributed by atoms with E-state index in [4.69, 9.17) is 9.52 Å². The minimum absolute atomic E-state index is 0.0108. The SMILES string of the molecule is CCN(c1ccccc1C)S(=O)(=O)c1cc(CO)oc1Br. The maximum Gasteiger partial charge on any atom is 0.268 e. The molecular formula is C14H16BrNO4S. The number of nitrogens with zero attached hydrogens (tertiary/aromatic N) is 1. The van der Waals surface area contributed by atoms with Crippen LogP contribution in [-0.2, 0) is 16.6 Å². The molecule has 0 saturated carbocycles. The molecule has 0 spiro atoms. The number of sulfonamides is 1. The van der Waals surface area contributed by atoms with E-state index in [1.54, 1.807) is 19.1 Å². The molecule has 0 bridgehead atoms. The molecule has 1 heterocycles. The minimum atomic E-state index is -3.77. The standard InChI is InChI=1S/C14H16BrNO4S/c1-3-16(12-7-5-4-6-10(12)2)21(18,19)13-8-11(9-17)20-14(13)15/h4-8,17H,3,9H2,1-2H3. The zero-order valence-corrected chi connectivity index (χ0v) is 14.1. The van der Waals surface area contributed by atoms with Crippen molar-refractivity contribution in [3.63, 3.8) is 0 Å².